The molecule has 0 saturated carbocycles. The number of thiazole rings is 1. The van der Waals surface area contributed by atoms with Gasteiger partial charge in [-0.05, 0) is 27.3 Å². The molecule has 3 rings (SSSR count). The monoisotopic (exact) mass is 321 g/mol. The number of aryl methyl sites for hydroxylation is 3. The quantitative estimate of drug-likeness (QED) is 0.841. The summed E-state index contributed by atoms with van der Waals surface area (Å²) in [5.74, 6) is 1.40. The molecular formula is C15H23N5OS. The highest BCUT2D eigenvalue weighted by atomic mass is 32.1. The second-order valence-corrected chi connectivity index (χ2v) is 7.35. The van der Waals surface area contributed by atoms with Gasteiger partial charge in [0.25, 0.3) is 0 Å². The number of rotatable bonds is 5. The van der Waals surface area contributed by atoms with Gasteiger partial charge in [0.05, 0.1) is 17.2 Å². The van der Waals surface area contributed by atoms with E-state index in [1.807, 2.05) is 18.3 Å². The molecule has 120 valence electrons. The average molecular weight is 321 g/mol. The van der Waals surface area contributed by atoms with Crippen LogP contribution in [0.15, 0.2) is 4.52 Å². The molecule has 3 heterocycles. The standard InChI is InChI=1S/C15H23N5OS/c1-10-14(22-12(3)16-10)8-20-6-5-13(7-20)19(4)9-15-17-11(2)21-18-15/h13H,5-9H2,1-4H3/t13-/m1/s1. The normalized spacial score (nSPS) is 19.4. The van der Waals surface area contributed by atoms with Crippen molar-refractivity contribution in [2.24, 2.45) is 0 Å². The smallest absolute Gasteiger partial charge is 0.223 e. The Labute approximate surface area is 135 Å². The van der Waals surface area contributed by atoms with Gasteiger partial charge in [-0.3, -0.25) is 9.80 Å². The SMILES string of the molecule is Cc1nc(CN(C)[C@@H]2CCN(Cc3sc(C)nc3C)C2)no1. The molecule has 0 bridgehead atoms. The van der Waals surface area contributed by atoms with Crippen LogP contribution in [0.1, 0.15) is 33.7 Å². The Morgan fingerprint density at radius 2 is 2.14 bits per heavy atom. The average Bonchev–Trinajstić information content (AvgIpc) is 3.13. The van der Waals surface area contributed by atoms with Gasteiger partial charge in [0.15, 0.2) is 5.82 Å². The van der Waals surface area contributed by atoms with E-state index in [1.165, 1.54) is 17.0 Å². The molecule has 1 atom stereocenters. The van der Waals surface area contributed by atoms with Crippen molar-refractivity contribution >= 4 is 11.3 Å². The summed E-state index contributed by atoms with van der Waals surface area (Å²) in [6.07, 6.45) is 1.18. The summed E-state index contributed by atoms with van der Waals surface area (Å²) in [6, 6.07) is 0.549. The van der Waals surface area contributed by atoms with Crippen molar-refractivity contribution < 1.29 is 4.52 Å². The first kappa shape index (κ1) is 15.6. The van der Waals surface area contributed by atoms with Gasteiger partial charge in [-0.15, -0.1) is 11.3 Å². The highest BCUT2D eigenvalue weighted by Crippen LogP contribution is 2.23. The fraction of sp³-hybridized carbons (Fsp3) is 0.667. The second kappa shape index (κ2) is 6.44. The van der Waals surface area contributed by atoms with Crippen LogP contribution in [0, 0.1) is 20.8 Å². The van der Waals surface area contributed by atoms with E-state index < -0.39 is 0 Å². The van der Waals surface area contributed by atoms with Crippen molar-refractivity contribution in [1.82, 2.24) is 24.9 Å². The Morgan fingerprint density at radius 3 is 2.77 bits per heavy atom. The zero-order chi connectivity index (χ0) is 15.7. The molecule has 1 aliphatic heterocycles. The van der Waals surface area contributed by atoms with Gasteiger partial charge < -0.3 is 4.52 Å². The fourth-order valence-electron chi connectivity index (χ4n) is 3.00. The summed E-state index contributed by atoms with van der Waals surface area (Å²) >= 11 is 1.82. The van der Waals surface area contributed by atoms with Gasteiger partial charge in [-0.25, -0.2) is 4.98 Å². The summed E-state index contributed by atoms with van der Waals surface area (Å²) in [7, 11) is 2.14. The van der Waals surface area contributed by atoms with Crippen molar-refractivity contribution in [3.63, 3.8) is 0 Å². The molecule has 0 unspecified atom stereocenters. The van der Waals surface area contributed by atoms with E-state index in [9.17, 15) is 0 Å². The summed E-state index contributed by atoms with van der Waals surface area (Å²) in [4.78, 5) is 15.0. The molecular weight excluding hydrogens is 298 g/mol. The highest BCUT2D eigenvalue weighted by molar-refractivity contribution is 7.11. The third kappa shape index (κ3) is 3.53. The van der Waals surface area contributed by atoms with Crippen molar-refractivity contribution in [3.05, 3.63) is 27.3 Å². The maximum Gasteiger partial charge on any atom is 0.223 e. The number of likely N-dealkylation sites (tertiary alicyclic amines) is 1. The predicted molar refractivity (Wildman–Crippen MR) is 85.8 cm³/mol. The largest absolute Gasteiger partial charge is 0.340 e. The molecule has 1 fully saturated rings. The van der Waals surface area contributed by atoms with E-state index in [1.54, 1.807) is 0 Å². The van der Waals surface area contributed by atoms with Crippen molar-refractivity contribution in [1.29, 1.82) is 0 Å². The Morgan fingerprint density at radius 1 is 1.32 bits per heavy atom. The van der Waals surface area contributed by atoms with Crippen LogP contribution in [-0.4, -0.2) is 51.1 Å². The van der Waals surface area contributed by atoms with Gasteiger partial charge in [0, 0.05) is 37.5 Å². The Kier molecular flexibility index (Phi) is 4.56. The molecule has 1 aliphatic rings. The maximum atomic E-state index is 5.04. The Hall–Kier alpha value is -1.31. The number of nitrogens with zero attached hydrogens (tertiary/aromatic N) is 5. The molecule has 2 aromatic rings. The lowest BCUT2D eigenvalue weighted by Gasteiger charge is -2.23. The summed E-state index contributed by atoms with van der Waals surface area (Å²) in [5, 5.41) is 5.14. The fourth-order valence-corrected chi connectivity index (χ4v) is 3.98. The number of aromatic nitrogens is 3. The molecule has 0 N–H and O–H groups in total. The molecule has 0 spiro atoms. The molecule has 7 heteroatoms. The van der Waals surface area contributed by atoms with Gasteiger partial charge >= 0.3 is 0 Å². The van der Waals surface area contributed by atoms with E-state index in [0.717, 1.165) is 37.0 Å². The molecule has 2 aromatic heterocycles. The lowest BCUT2D eigenvalue weighted by atomic mass is 10.2. The van der Waals surface area contributed by atoms with Gasteiger partial charge in [0.1, 0.15) is 0 Å². The number of hydrogen-bond acceptors (Lipinski definition) is 7. The number of likely N-dealkylation sites (N-methyl/N-ethyl adjacent to an activating group) is 1. The predicted octanol–water partition coefficient (Wildman–Crippen LogP) is 2.16. The summed E-state index contributed by atoms with van der Waals surface area (Å²) < 4.78 is 5.04. The zero-order valence-electron chi connectivity index (χ0n) is 13.7. The first-order valence-corrected chi connectivity index (χ1v) is 8.47. The Balaban J connectivity index is 1.54. The van der Waals surface area contributed by atoms with E-state index in [-0.39, 0.29) is 0 Å². The van der Waals surface area contributed by atoms with Crippen LogP contribution in [0.25, 0.3) is 0 Å². The lowest BCUT2D eigenvalue weighted by Crippen LogP contribution is -2.34. The summed E-state index contributed by atoms with van der Waals surface area (Å²) in [5.41, 5.74) is 1.18. The molecule has 0 radical (unpaired) electrons. The minimum absolute atomic E-state index is 0.549. The lowest BCUT2D eigenvalue weighted by molar-refractivity contribution is 0.216. The minimum Gasteiger partial charge on any atom is -0.340 e. The highest BCUT2D eigenvalue weighted by Gasteiger charge is 2.27. The molecule has 0 aliphatic carbocycles. The second-order valence-electron chi connectivity index (χ2n) is 6.06. The molecule has 6 nitrogen and oxygen atoms in total. The first-order valence-electron chi connectivity index (χ1n) is 7.66. The minimum atomic E-state index is 0.549. The van der Waals surface area contributed by atoms with E-state index in [4.69, 9.17) is 4.52 Å². The van der Waals surface area contributed by atoms with Crippen LogP contribution in [0.2, 0.25) is 0 Å². The van der Waals surface area contributed by atoms with Crippen molar-refractivity contribution in [3.8, 4) is 0 Å². The van der Waals surface area contributed by atoms with Crippen molar-refractivity contribution in [2.75, 3.05) is 20.1 Å². The van der Waals surface area contributed by atoms with E-state index in [0.29, 0.717) is 11.9 Å². The van der Waals surface area contributed by atoms with Crippen LogP contribution in [0.5, 0.6) is 0 Å². The third-order valence-electron chi connectivity index (χ3n) is 4.20. The molecule has 22 heavy (non-hydrogen) atoms. The zero-order valence-corrected chi connectivity index (χ0v) is 14.5. The van der Waals surface area contributed by atoms with Crippen LogP contribution in [0.4, 0.5) is 0 Å². The molecule has 0 amide bonds. The van der Waals surface area contributed by atoms with Crippen molar-refractivity contribution in [2.45, 2.75) is 46.3 Å². The number of hydrogen-bond donors (Lipinski definition) is 0. The van der Waals surface area contributed by atoms with E-state index >= 15 is 0 Å². The van der Waals surface area contributed by atoms with Crippen LogP contribution < -0.4 is 0 Å². The van der Waals surface area contributed by atoms with Crippen LogP contribution in [0.3, 0.4) is 0 Å². The van der Waals surface area contributed by atoms with Crippen LogP contribution >= 0.6 is 11.3 Å². The van der Waals surface area contributed by atoms with Gasteiger partial charge in [-0.2, -0.15) is 4.98 Å². The van der Waals surface area contributed by atoms with Gasteiger partial charge in [-0.1, -0.05) is 5.16 Å². The summed E-state index contributed by atoms with van der Waals surface area (Å²) in [6.45, 7) is 10.00. The molecule has 0 aromatic carbocycles. The Bertz CT molecular complexity index is 638. The topological polar surface area (TPSA) is 58.3 Å². The van der Waals surface area contributed by atoms with Crippen LogP contribution in [-0.2, 0) is 13.1 Å². The van der Waals surface area contributed by atoms with Gasteiger partial charge in [0.2, 0.25) is 5.89 Å². The first-order chi connectivity index (χ1) is 10.5. The molecule has 1 saturated heterocycles. The van der Waals surface area contributed by atoms with E-state index in [2.05, 4.69) is 45.8 Å². The maximum absolute atomic E-state index is 5.04. The third-order valence-corrected chi connectivity index (χ3v) is 5.26.